The molecular weight excluding hydrogens is 220 g/mol. The van der Waals surface area contributed by atoms with Gasteiger partial charge < -0.3 is 15.3 Å². The first-order chi connectivity index (χ1) is 8.04. The number of hydrogen-bond acceptors (Lipinski definition) is 5. The zero-order valence-electron chi connectivity index (χ0n) is 10.3. The van der Waals surface area contributed by atoms with Gasteiger partial charge >= 0.3 is 5.97 Å². The van der Waals surface area contributed by atoms with Crippen LogP contribution in [0.2, 0.25) is 0 Å². The maximum atomic E-state index is 10.7. The lowest BCUT2D eigenvalue weighted by Crippen LogP contribution is -2.26. The number of nitrogens with one attached hydrogen (secondary N) is 1. The summed E-state index contributed by atoms with van der Waals surface area (Å²) in [6.07, 6.45) is 2.45. The summed E-state index contributed by atoms with van der Waals surface area (Å²) in [5.74, 6) is 0.391. The molecule has 1 aromatic rings. The van der Waals surface area contributed by atoms with Crippen LogP contribution < -0.4 is 10.2 Å². The van der Waals surface area contributed by atoms with Crippen molar-refractivity contribution in [1.29, 1.82) is 0 Å². The maximum Gasteiger partial charge on any atom is 0.325 e. The molecule has 0 saturated carbocycles. The molecular formula is C11H18N4O2. The van der Waals surface area contributed by atoms with Crippen LogP contribution in [-0.4, -0.2) is 40.7 Å². The first-order valence-corrected chi connectivity index (χ1v) is 5.57. The topological polar surface area (TPSA) is 78.4 Å². The molecule has 1 unspecified atom stereocenters. The molecule has 6 nitrogen and oxygen atoms in total. The highest BCUT2D eigenvalue weighted by Crippen LogP contribution is 2.13. The lowest BCUT2D eigenvalue weighted by atomic mass is 10.3. The molecule has 0 amide bonds. The van der Waals surface area contributed by atoms with Gasteiger partial charge in [-0.25, -0.2) is 9.97 Å². The monoisotopic (exact) mass is 238 g/mol. The highest BCUT2D eigenvalue weighted by atomic mass is 16.4. The summed E-state index contributed by atoms with van der Waals surface area (Å²) in [6.45, 7) is 4.55. The zero-order valence-corrected chi connectivity index (χ0v) is 10.3. The van der Waals surface area contributed by atoms with Crippen LogP contribution in [0.3, 0.4) is 0 Å². The number of carbonyl (C=O) groups is 1. The number of rotatable bonds is 6. The summed E-state index contributed by atoms with van der Waals surface area (Å²) < 4.78 is 0. The second kappa shape index (κ2) is 6.03. The molecule has 0 bridgehead atoms. The number of hydrogen-bond donors (Lipinski definition) is 2. The van der Waals surface area contributed by atoms with Gasteiger partial charge in [0, 0.05) is 19.7 Å². The number of nitrogens with zero attached hydrogens (tertiary/aromatic N) is 3. The zero-order chi connectivity index (χ0) is 12.8. The molecule has 0 aromatic carbocycles. The van der Waals surface area contributed by atoms with E-state index in [0.717, 1.165) is 18.8 Å². The lowest BCUT2D eigenvalue weighted by molar-refractivity contribution is -0.137. The molecule has 94 valence electrons. The molecule has 0 fully saturated rings. The molecule has 0 aliphatic heterocycles. The van der Waals surface area contributed by atoms with Gasteiger partial charge in [0.1, 0.15) is 24.0 Å². The van der Waals surface area contributed by atoms with Crippen LogP contribution >= 0.6 is 0 Å². The number of aliphatic carboxylic acids is 1. The third-order valence-electron chi connectivity index (χ3n) is 2.34. The van der Waals surface area contributed by atoms with Gasteiger partial charge in [-0.1, -0.05) is 6.92 Å². The average Bonchev–Trinajstić information content (AvgIpc) is 2.29. The average molecular weight is 238 g/mol. The Morgan fingerprint density at radius 1 is 1.59 bits per heavy atom. The van der Waals surface area contributed by atoms with Crippen LogP contribution in [0.1, 0.15) is 20.3 Å². The Morgan fingerprint density at radius 2 is 2.29 bits per heavy atom. The standard InChI is InChI=1S/C11H18N4O2/c1-4-5-15(3)10-6-9(12-7-13-10)14-8(2)11(16)17/h6-8H,4-5H2,1-3H3,(H,16,17)(H,12,13,14). The van der Waals surface area contributed by atoms with Crippen molar-refractivity contribution in [3.05, 3.63) is 12.4 Å². The van der Waals surface area contributed by atoms with E-state index < -0.39 is 12.0 Å². The van der Waals surface area contributed by atoms with Gasteiger partial charge in [0.15, 0.2) is 0 Å². The van der Waals surface area contributed by atoms with Gasteiger partial charge in [0.25, 0.3) is 0 Å². The van der Waals surface area contributed by atoms with Crippen molar-refractivity contribution in [2.75, 3.05) is 23.8 Å². The number of carboxylic acids is 1. The van der Waals surface area contributed by atoms with Crippen LogP contribution in [0.5, 0.6) is 0 Å². The summed E-state index contributed by atoms with van der Waals surface area (Å²) in [6, 6.07) is 1.07. The number of aromatic nitrogens is 2. The van der Waals surface area contributed by atoms with Crippen molar-refractivity contribution >= 4 is 17.6 Å². The quantitative estimate of drug-likeness (QED) is 0.775. The fourth-order valence-corrected chi connectivity index (χ4v) is 1.37. The minimum absolute atomic E-state index is 0.521. The van der Waals surface area contributed by atoms with Crippen molar-refractivity contribution in [2.45, 2.75) is 26.3 Å². The van der Waals surface area contributed by atoms with E-state index in [1.54, 1.807) is 13.0 Å². The van der Waals surface area contributed by atoms with E-state index in [9.17, 15) is 4.79 Å². The number of carboxylic acid groups (broad SMARTS) is 1. The van der Waals surface area contributed by atoms with Crippen LogP contribution in [0.25, 0.3) is 0 Å². The molecule has 1 heterocycles. The van der Waals surface area contributed by atoms with E-state index in [4.69, 9.17) is 5.11 Å². The van der Waals surface area contributed by atoms with Gasteiger partial charge in [0.2, 0.25) is 0 Å². The highest BCUT2D eigenvalue weighted by Gasteiger charge is 2.11. The Hall–Kier alpha value is -1.85. The second-order valence-corrected chi connectivity index (χ2v) is 3.89. The summed E-state index contributed by atoms with van der Waals surface area (Å²) >= 11 is 0. The molecule has 1 rings (SSSR count). The van der Waals surface area contributed by atoms with E-state index in [1.807, 2.05) is 11.9 Å². The highest BCUT2D eigenvalue weighted by molar-refractivity contribution is 5.76. The maximum absolute atomic E-state index is 10.7. The molecule has 1 atom stereocenters. The van der Waals surface area contributed by atoms with Crippen molar-refractivity contribution in [3.8, 4) is 0 Å². The Morgan fingerprint density at radius 3 is 2.88 bits per heavy atom. The minimum atomic E-state index is -0.910. The Bertz CT molecular complexity index is 383. The Balaban J connectivity index is 2.75. The van der Waals surface area contributed by atoms with E-state index in [-0.39, 0.29) is 0 Å². The van der Waals surface area contributed by atoms with Crippen LogP contribution in [-0.2, 0) is 4.79 Å². The molecule has 2 N–H and O–H groups in total. The Labute approximate surface area is 101 Å². The third kappa shape index (κ3) is 3.90. The molecule has 1 aromatic heterocycles. The third-order valence-corrected chi connectivity index (χ3v) is 2.34. The lowest BCUT2D eigenvalue weighted by Gasteiger charge is -2.18. The molecule has 17 heavy (non-hydrogen) atoms. The first-order valence-electron chi connectivity index (χ1n) is 5.57. The summed E-state index contributed by atoms with van der Waals surface area (Å²) in [4.78, 5) is 20.8. The van der Waals surface area contributed by atoms with Gasteiger partial charge in [-0.3, -0.25) is 4.79 Å². The van der Waals surface area contributed by atoms with Crippen molar-refractivity contribution in [2.24, 2.45) is 0 Å². The summed E-state index contributed by atoms with van der Waals surface area (Å²) in [5.41, 5.74) is 0. The van der Waals surface area contributed by atoms with Gasteiger partial charge in [-0.15, -0.1) is 0 Å². The molecule has 0 aliphatic rings. The smallest absolute Gasteiger partial charge is 0.325 e. The molecule has 6 heteroatoms. The number of anilines is 2. The van der Waals surface area contributed by atoms with Crippen LogP contribution in [0, 0.1) is 0 Å². The largest absolute Gasteiger partial charge is 0.480 e. The normalized spacial score (nSPS) is 11.9. The van der Waals surface area contributed by atoms with Crippen LogP contribution in [0.15, 0.2) is 12.4 Å². The second-order valence-electron chi connectivity index (χ2n) is 3.89. The SMILES string of the molecule is CCCN(C)c1cc(NC(C)C(=O)O)ncn1. The van der Waals surface area contributed by atoms with E-state index in [2.05, 4.69) is 22.2 Å². The van der Waals surface area contributed by atoms with Crippen LogP contribution in [0.4, 0.5) is 11.6 Å². The fourth-order valence-electron chi connectivity index (χ4n) is 1.37. The van der Waals surface area contributed by atoms with Crippen molar-refractivity contribution in [1.82, 2.24) is 9.97 Å². The van der Waals surface area contributed by atoms with E-state index >= 15 is 0 Å². The Kier molecular flexibility index (Phi) is 4.68. The first kappa shape index (κ1) is 13.2. The van der Waals surface area contributed by atoms with Gasteiger partial charge in [-0.2, -0.15) is 0 Å². The fraction of sp³-hybridized carbons (Fsp3) is 0.545. The van der Waals surface area contributed by atoms with Crippen molar-refractivity contribution in [3.63, 3.8) is 0 Å². The minimum Gasteiger partial charge on any atom is -0.480 e. The summed E-state index contributed by atoms with van der Waals surface area (Å²) in [7, 11) is 1.94. The predicted molar refractivity (Wildman–Crippen MR) is 66.3 cm³/mol. The molecule has 0 saturated heterocycles. The summed E-state index contributed by atoms with van der Waals surface area (Å²) in [5, 5.41) is 11.6. The predicted octanol–water partition coefficient (Wildman–Crippen LogP) is 1.21. The van der Waals surface area contributed by atoms with Gasteiger partial charge in [-0.05, 0) is 13.3 Å². The molecule has 0 spiro atoms. The van der Waals surface area contributed by atoms with Crippen molar-refractivity contribution < 1.29 is 9.90 Å². The molecule has 0 aliphatic carbocycles. The molecule has 0 radical (unpaired) electrons. The van der Waals surface area contributed by atoms with Gasteiger partial charge in [0.05, 0.1) is 0 Å². The van der Waals surface area contributed by atoms with E-state index in [1.165, 1.54) is 6.33 Å². The van der Waals surface area contributed by atoms with E-state index in [0.29, 0.717) is 5.82 Å².